The maximum Gasteiger partial charge on any atom is 0.266 e. The first-order chi connectivity index (χ1) is 14.5. The number of fused-ring (bicyclic) bond motifs is 2. The van der Waals surface area contributed by atoms with E-state index in [2.05, 4.69) is 26.2 Å². The highest BCUT2D eigenvalue weighted by Gasteiger charge is 2.25. The lowest BCUT2D eigenvalue weighted by atomic mass is 10.1. The van der Waals surface area contributed by atoms with Crippen LogP contribution in [0.3, 0.4) is 0 Å². The number of rotatable bonds is 2. The van der Waals surface area contributed by atoms with Gasteiger partial charge in [-0.3, -0.25) is 14.2 Å². The predicted molar refractivity (Wildman–Crippen MR) is 123 cm³/mol. The monoisotopic (exact) mass is 477 g/mol. The van der Waals surface area contributed by atoms with Crippen LogP contribution in [-0.2, 0) is 4.79 Å². The van der Waals surface area contributed by atoms with Crippen LogP contribution in [0.5, 0.6) is 0 Å². The summed E-state index contributed by atoms with van der Waals surface area (Å²) in [7, 11) is 0. The van der Waals surface area contributed by atoms with Gasteiger partial charge in [-0.1, -0.05) is 51.8 Å². The Balaban J connectivity index is 1.84. The van der Waals surface area contributed by atoms with Gasteiger partial charge in [0, 0.05) is 15.7 Å². The first-order valence-corrected chi connectivity index (χ1v) is 10.3. The Bertz CT molecular complexity index is 1440. The molecule has 4 aromatic rings. The zero-order valence-electron chi connectivity index (χ0n) is 15.4. The number of aromatic nitrogens is 2. The van der Waals surface area contributed by atoms with Crippen LogP contribution in [-0.4, -0.2) is 15.5 Å². The Morgan fingerprint density at radius 1 is 1.00 bits per heavy atom. The topological polar surface area (TPSA) is 64.0 Å². The molecule has 1 aliphatic rings. The first kappa shape index (κ1) is 18.8. The minimum Gasteiger partial charge on any atom is -0.321 e. The molecule has 0 unspecified atom stereocenters. The smallest absolute Gasteiger partial charge is 0.266 e. The second-order valence-electron chi connectivity index (χ2n) is 6.78. The molecule has 0 aliphatic carbocycles. The van der Waals surface area contributed by atoms with Crippen LogP contribution in [0.25, 0.3) is 28.2 Å². The standard InChI is InChI=1S/C23H13BrClN3O2/c24-13-9-10-19-15(11-13)16(22(29)27-19)12-21-26-18-7-3-1-5-14(18)23(30)28(21)20-8-4-2-6-17(20)25/h1-12H,(H,27,29). The molecule has 30 heavy (non-hydrogen) atoms. The van der Waals surface area contributed by atoms with Gasteiger partial charge in [0.2, 0.25) is 0 Å². The molecule has 0 radical (unpaired) electrons. The molecule has 0 saturated carbocycles. The SMILES string of the molecule is O=C1Nc2ccc(Br)cc2C1=Cc1nc2ccccc2c(=O)n1-c1ccccc1Cl. The number of nitrogens with one attached hydrogen (secondary N) is 1. The third kappa shape index (κ3) is 3.05. The van der Waals surface area contributed by atoms with Crippen molar-refractivity contribution >= 4 is 61.7 Å². The number of carbonyl (C=O) groups excluding carboxylic acids is 1. The highest BCUT2D eigenvalue weighted by molar-refractivity contribution is 9.10. The minimum atomic E-state index is -0.256. The number of carbonyl (C=O) groups is 1. The van der Waals surface area contributed by atoms with E-state index in [1.165, 1.54) is 4.57 Å². The number of halogens is 2. The van der Waals surface area contributed by atoms with Gasteiger partial charge in [0.05, 0.1) is 27.2 Å². The normalized spacial score (nSPS) is 14.2. The maximum atomic E-state index is 13.4. The van der Waals surface area contributed by atoms with Crippen molar-refractivity contribution in [2.75, 3.05) is 5.32 Å². The Kier molecular flexibility index (Phi) is 4.53. The summed E-state index contributed by atoms with van der Waals surface area (Å²) in [4.78, 5) is 30.7. The number of benzene rings is 3. The van der Waals surface area contributed by atoms with Gasteiger partial charge in [-0.25, -0.2) is 4.98 Å². The van der Waals surface area contributed by atoms with E-state index in [1.807, 2.05) is 24.3 Å². The van der Waals surface area contributed by atoms with Gasteiger partial charge in [-0.2, -0.15) is 0 Å². The van der Waals surface area contributed by atoms with Gasteiger partial charge >= 0.3 is 0 Å². The number of nitrogens with zero attached hydrogens (tertiary/aromatic N) is 2. The lowest BCUT2D eigenvalue weighted by molar-refractivity contribution is -0.110. The third-order valence-corrected chi connectivity index (χ3v) is 5.75. The third-order valence-electron chi connectivity index (χ3n) is 4.93. The fourth-order valence-electron chi connectivity index (χ4n) is 3.55. The molecule has 1 N–H and O–H groups in total. The van der Waals surface area contributed by atoms with Gasteiger partial charge in [0.1, 0.15) is 5.82 Å². The maximum absolute atomic E-state index is 13.4. The molecule has 146 valence electrons. The van der Waals surface area contributed by atoms with Gasteiger partial charge < -0.3 is 5.32 Å². The average molecular weight is 479 g/mol. The highest BCUT2D eigenvalue weighted by Crippen LogP contribution is 2.35. The lowest BCUT2D eigenvalue weighted by Crippen LogP contribution is -2.23. The summed E-state index contributed by atoms with van der Waals surface area (Å²) in [6.07, 6.45) is 1.63. The largest absolute Gasteiger partial charge is 0.321 e. The van der Waals surface area contributed by atoms with Crippen molar-refractivity contribution in [3.8, 4) is 5.69 Å². The predicted octanol–water partition coefficient (Wildman–Crippen LogP) is 5.29. The first-order valence-electron chi connectivity index (χ1n) is 9.12. The molecule has 0 saturated heterocycles. The van der Waals surface area contributed by atoms with Crippen molar-refractivity contribution < 1.29 is 4.79 Å². The summed E-state index contributed by atoms with van der Waals surface area (Å²) in [6.45, 7) is 0. The van der Waals surface area contributed by atoms with E-state index < -0.39 is 0 Å². The highest BCUT2D eigenvalue weighted by atomic mass is 79.9. The van der Waals surface area contributed by atoms with E-state index in [9.17, 15) is 9.59 Å². The van der Waals surface area contributed by atoms with Crippen molar-refractivity contribution in [1.29, 1.82) is 0 Å². The fraction of sp³-hybridized carbons (Fsp3) is 0. The number of para-hydroxylation sites is 2. The number of hydrogen-bond acceptors (Lipinski definition) is 3. The summed E-state index contributed by atoms with van der Waals surface area (Å²) in [6, 6.07) is 19.7. The summed E-state index contributed by atoms with van der Waals surface area (Å²) < 4.78 is 2.29. The Hall–Kier alpha value is -3.22. The zero-order chi connectivity index (χ0) is 20.8. The van der Waals surface area contributed by atoms with Gasteiger partial charge in [0.25, 0.3) is 11.5 Å². The molecule has 0 spiro atoms. The van der Waals surface area contributed by atoms with Gasteiger partial charge in [-0.15, -0.1) is 0 Å². The molecule has 5 rings (SSSR count). The molecule has 0 fully saturated rings. The van der Waals surface area contributed by atoms with Crippen LogP contribution < -0.4 is 10.9 Å². The van der Waals surface area contributed by atoms with Crippen molar-refractivity contribution in [3.63, 3.8) is 0 Å². The molecule has 0 bridgehead atoms. The van der Waals surface area contributed by atoms with Gasteiger partial charge in [-0.05, 0) is 48.5 Å². The summed E-state index contributed by atoms with van der Waals surface area (Å²) >= 11 is 9.86. The summed E-state index contributed by atoms with van der Waals surface area (Å²) in [5.74, 6) is 0.0704. The summed E-state index contributed by atoms with van der Waals surface area (Å²) in [5.41, 5.74) is 2.67. The Morgan fingerprint density at radius 3 is 2.60 bits per heavy atom. The second-order valence-corrected chi connectivity index (χ2v) is 8.10. The van der Waals surface area contributed by atoms with E-state index in [-0.39, 0.29) is 11.5 Å². The molecule has 2 heterocycles. The Morgan fingerprint density at radius 2 is 1.77 bits per heavy atom. The molecular weight excluding hydrogens is 466 g/mol. The molecule has 5 nitrogen and oxygen atoms in total. The van der Waals surface area contributed by atoms with Crippen LogP contribution in [0.2, 0.25) is 5.02 Å². The van der Waals surface area contributed by atoms with E-state index in [0.717, 1.165) is 10.0 Å². The quantitative estimate of drug-likeness (QED) is 0.398. The molecule has 7 heteroatoms. The minimum absolute atomic E-state index is 0.254. The number of amides is 1. The van der Waals surface area contributed by atoms with Crippen LogP contribution in [0, 0.1) is 0 Å². The van der Waals surface area contributed by atoms with Crippen molar-refractivity contribution in [2.45, 2.75) is 0 Å². The van der Waals surface area contributed by atoms with Crippen molar-refractivity contribution in [2.24, 2.45) is 0 Å². The zero-order valence-corrected chi connectivity index (χ0v) is 17.7. The van der Waals surface area contributed by atoms with Gasteiger partial charge in [0.15, 0.2) is 0 Å². The molecule has 3 aromatic carbocycles. The van der Waals surface area contributed by atoms with Crippen molar-refractivity contribution in [3.05, 3.63) is 98.0 Å². The van der Waals surface area contributed by atoms with E-state index in [1.54, 1.807) is 48.5 Å². The van der Waals surface area contributed by atoms with Crippen LogP contribution >= 0.6 is 27.5 Å². The molecule has 1 aliphatic heterocycles. The molecule has 1 aromatic heterocycles. The molecule has 1 amide bonds. The van der Waals surface area contributed by atoms with Crippen molar-refractivity contribution in [1.82, 2.24) is 9.55 Å². The average Bonchev–Trinajstić information content (AvgIpc) is 3.04. The number of hydrogen-bond donors (Lipinski definition) is 1. The number of anilines is 1. The van der Waals surface area contributed by atoms with Crippen LogP contribution in [0.15, 0.2) is 76.0 Å². The lowest BCUT2D eigenvalue weighted by Gasteiger charge is -2.13. The summed E-state index contributed by atoms with van der Waals surface area (Å²) in [5, 5.41) is 3.73. The van der Waals surface area contributed by atoms with Crippen LogP contribution in [0.1, 0.15) is 11.4 Å². The van der Waals surface area contributed by atoms with E-state index in [4.69, 9.17) is 11.6 Å². The van der Waals surface area contributed by atoms with E-state index >= 15 is 0 Å². The van der Waals surface area contributed by atoms with E-state index in [0.29, 0.717) is 38.7 Å². The second kappa shape index (κ2) is 7.23. The Labute approximate surface area is 184 Å². The molecular formula is C23H13BrClN3O2. The fourth-order valence-corrected chi connectivity index (χ4v) is 4.13. The van der Waals surface area contributed by atoms with Crippen LogP contribution in [0.4, 0.5) is 5.69 Å². The molecule has 0 atom stereocenters.